The van der Waals surface area contributed by atoms with E-state index < -0.39 is 23.9 Å². The van der Waals surface area contributed by atoms with Gasteiger partial charge in [-0.05, 0) is 37.5 Å². The summed E-state index contributed by atoms with van der Waals surface area (Å²) in [5, 5.41) is 12.6. The van der Waals surface area contributed by atoms with E-state index in [2.05, 4.69) is 17.1 Å². The smallest absolute Gasteiger partial charge is 0.430 e. The lowest BCUT2D eigenvalue weighted by atomic mass is 10.1. The molecule has 1 aliphatic heterocycles. The van der Waals surface area contributed by atoms with Crippen molar-refractivity contribution >= 4 is 11.9 Å². The molecule has 0 radical (unpaired) electrons. The van der Waals surface area contributed by atoms with Crippen LogP contribution in [0.5, 0.6) is 5.75 Å². The summed E-state index contributed by atoms with van der Waals surface area (Å²) in [4.78, 5) is 13.1. The topological polar surface area (TPSA) is 143 Å². The number of nitrogens with zero attached hydrogens (tertiary/aromatic N) is 3. The number of hydrogen-bond acceptors (Lipinski definition) is 6. The highest BCUT2D eigenvalue weighted by Gasteiger charge is 2.36. The maximum Gasteiger partial charge on any atom is 0.430 e. The summed E-state index contributed by atoms with van der Waals surface area (Å²) in [6.45, 7) is 2.79. The largest absolute Gasteiger partial charge is 0.542 e. The number of ether oxygens (including phenoxy) is 1. The number of benzene rings is 1. The van der Waals surface area contributed by atoms with E-state index in [0.29, 0.717) is 13.0 Å². The summed E-state index contributed by atoms with van der Waals surface area (Å²) in [6, 6.07) is 3.45. The first-order valence-electron chi connectivity index (χ1n) is 11.5. The molecule has 3 rings (SSSR count). The van der Waals surface area contributed by atoms with E-state index in [0.717, 1.165) is 31.7 Å². The van der Waals surface area contributed by atoms with Crippen LogP contribution in [0.1, 0.15) is 56.5 Å². The van der Waals surface area contributed by atoms with Gasteiger partial charge in [0.1, 0.15) is 18.3 Å². The van der Waals surface area contributed by atoms with Crippen LogP contribution in [0.3, 0.4) is 0 Å². The lowest BCUT2D eigenvalue weighted by molar-refractivity contribution is -0.555. The van der Waals surface area contributed by atoms with E-state index >= 15 is 0 Å². The molecule has 0 saturated carbocycles. The second kappa shape index (κ2) is 13.1. The number of aromatic nitrogens is 2. The van der Waals surface area contributed by atoms with Crippen LogP contribution >= 0.6 is 0 Å². The van der Waals surface area contributed by atoms with Gasteiger partial charge in [0, 0.05) is 5.56 Å². The number of allylic oxidation sites excluding steroid dienone is 1. The maximum atomic E-state index is 13.6. The number of aliphatic carboxylic acids is 1. The number of halogens is 6. The monoisotopic (exact) mass is 551 g/mol. The van der Waals surface area contributed by atoms with Gasteiger partial charge < -0.3 is 19.2 Å². The Kier molecular flexibility index (Phi) is 10.5. The van der Waals surface area contributed by atoms with Crippen molar-refractivity contribution in [2.45, 2.75) is 57.4 Å². The van der Waals surface area contributed by atoms with Gasteiger partial charge in [-0.25, -0.2) is 0 Å². The molecule has 2 heterocycles. The van der Waals surface area contributed by atoms with Gasteiger partial charge in [0.25, 0.3) is 5.89 Å². The van der Waals surface area contributed by atoms with Crippen molar-refractivity contribution in [3.8, 4) is 17.1 Å². The molecular weight excluding hydrogens is 524 g/mol. The van der Waals surface area contributed by atoms with Crippen molar-refractivity contribution in [2.24, 2.45) is 11.5 Å². The number of alkyl halides is 6. The molecule has 1 aromatic carbocycles. The Labute approximate surface area is 213 Å². The van der Waals surface area contributed by atoms with Crippen LogP contribution in [0.4, 0.5) is 26.3 Å². The van der Waals surface area contributed by atoms with Crippen molar-refractivity contribution in [3.63, 3.8) is 0 Å². The Morgan fingerprint density at radius 2 is 1.92 bits per heavy atom. The summed E-state index contributed by atoms with van der Waals surface area (Å²) in [7, 11) is 0. The van der Waals surface area contributed by atoms with Gasteiger partial charge in [-0.2, -0.15) is 31.3 Å². The SMILES string of the molecule is CCCCC=CCOc1ccc(-c2noc([C@@H]3CCC[N+]3=C(N)N)n2)cc1C(F)(F)F.O=C([O-])C(F)(F)F. The molecule has 0 amide bonds. The molecule has 38 heavy (non-hydrogen) atoms. The first-order valence-corrected chi connectivity index (χ1v) is 11.5. The second-order valence-corrected chi connectivity index (χ2v) is 8.15. The molecule has 0 bridgehead atoms. The van der Waals surface area contributed by atoms with Crippen LogP contribution in [0.2, 0.25) is 0 Å². The van der Waals surface area contributed by atoms with Crippen molar-refractivity contribution in [2.75, 3.05) is 13.2 Å². The zero-order valence-electron chi connectivity index (χ0n) is 20.3. The minimum absolute atomic E-state index is 0.0625. The van der Waals surface area contributed by atoms with E-state index in [4.69, 9.17) is 30.6 Å². The van der Waals surface area contributed by atoms with Crippen LogP contribution < -0.4 is 21.3 Å². The molecule has 9 nitrogen and oxygen atoms in total. The van der Waals surface area contributed by atoms with E-state index in [1.807, 2.05) is 6.08 Å². The van der Waals surface area contributed by atoms with Gasteiger partial charge in [-0.1, -0.05) is 37.1 Å². The second-order valence-electron chi connectivity index (χ2n) is 8.15. The molecule has 1 atom stereocenters. The average molecular weight is 551 g/mol. The van der Waals surface area contributed by atoms with E-state index in [1.54, 1.807) is 10.7 Å². The van der Waals surface area contributed by atoms with E-state index in [1.165, 1.54) is 12.1 Å². The number of nitrogens with two attached hydrogens (primary N) is 2. The van der Waals surface area contributed by atoms with Gasteiger partial charge in [-0.15, -0.1) is 0 Å². The lowest BCUT2D eigenvalue weighted by Gasteiger charge is -2.14. The Balaban J connectivity index is 0.000000638. The Hall–Kier alpha value is -3.78. The van der Waals surface area contributed by atoms with Gasteiger partial charge in [0.15, 0.2) is 6.04 Å². The molecule has 0 spiro atoms. The van der Waals surface area contributed by atoms with Crippen LogP contribution in [0.25, 0.3) is 11.4 Å². The highest BCUT2D eigenvalue weighted by Crippen LogP contribution is 2.39. The number of guanidine groups is 1. The molecule has 2 aromatic rings. The third-order valence-electron chi connectivity index (χ3n) is 5.31. The van der Waals surface area contributed by atoms with Crippen molar-refractivity contribution < 1.29 is 50.1 Å². The Morgan fingerprint density at radius 1 is 1.24 bits per heavy atom. The normalized spacial score (nSPS) is 15.9. The number of carbonyl (C=O) groups excluding carboxylic acids is 1. The molecule has 4 N–H and O–H groups in total. The highest BCUT2D eigenvalue weighted by atomic mass is 19.4. The summed E-state index contributed by atoms with van der Waals surface area (Å²) < 4.78 is 84.8. The van der Waals surface area contributed by atoms with Crippen LogP contribution in [0.15, 0.2) is 34.9 Å². The quantitative estimate of drug-likeness (QED) is 0.167. The van der Waals surface area contributed by atoms with Gasteiger partial charge in [-0.3, -0.25) is 16.0 Å². The molecule has 1 aromatic heterocycles. The van der Waals surface area contributed by atoms with Crippen LogP contribution in [0, 0.1) is 0 Å². The fraction of sp³-hybridized carbons (Fsp3) is 0.478. The number of rotatable bonds is 8. The molecule has 0 aliphatic carbocycles. The number of carboxylic acid groups (broad SMARTS) is 1. The summed E-state index contributed by atoms with van der Waals surface area (Å²) in [5.41, 5.74) is 10.7. The zero-order chi connectivity index (χ0) is 28.5. The molecule has 0 unspecified atom stereocenters. The molecule has 1 aliphatic rings. The fourth-order valence-electron chi connectivity index (χ4n) is 3.48. The first kappa shape index (κ1) is 30.4. The minimum atomic E-state index is -5.19. The Bertz CT molecular complexity index is 1140. The van der Waals surface area contributed by atoms with Crippen LogP contribution in [-0.4, -0.2) is 46.0 Å². The standard InChI is InChI=1S/C21H26F3N5O2.C2HF3O2/c1-2-3-4-5-6-12-30-17-10-9-14(13-15(17)21(22,23)24)18-27-19(31-28-18)16-8-7-11-29(16)20(25)26;3-2(4,5)1(6)7/h5-6,9-10,13,16H,2-4,7-8,11-12H2,1H3,(H3,25,26);(H,6,7)/t16-;/m0./s1. The van der Waals surface area contributed by atoms with Gasteiger partial charge in [0.2, 0.25) is 5.82 Å². The number of carboxylic acids is 1. The fourth-order valence-corrected chi connectivity index (χ4v) is 3.48. The first-order chi connectivity index (χ1) is 17.8. The average Bonchev–Trinajstić information content (AvgIpc) is 3.50. The van der Waals surface area contributed by atoms with Gasteiger partial charge in [0.05, 0.1) is 12.1 Å². The molecule has 210 valence electrons. The molecular formula is C23H27F6N5O4. The third kappa shape index (κ3) is 8.66. The number of unbranched alkanes of at least 4 members (excludes halogenated alkanes) is 2. The van der Waals surface area contributed by atoms with Crippen molar-refractivity contribution in [1.82, 2.24) is 10.1 Å². The molecule has 1 saturated heterocycles. The van der Waals surface area contributed by atoms with E-state index in [9.17, 15) is 26.3 Å². The lowest BCUT2D eigenvalue weighted by Crippen LogP contribution is -2.37. The zero-order valence-corrected chi connectivity index (χ0v) is 20.3. The van der Waals surface area contributed by atoms with Crippen LogP contribution in [-0.2, 0) is 11.0 Å². The summed E-state index contributed by atoms with van der Waals surface area (Å²) >= 11 is 0. The maximum absolute atomic E-state index is 13.6. The number of carbonyl (C=O) groups is 1. The summed E-state index contributed by atoms with van der Waals surface area (Å²) in [5.74, 6) is -2.77. The minimum Gasteiger partial charge on any atom is -0.542 e. The highest BCUT2D eigenvalue weighted by molar-refractivity contribution is 5.71. The predicted molar refractivity (Wildman–Crippen MR) is 120 cm³/mol. The third-order valence-corrected chi connectivity index (χ3v) is 5.31. The Morgan fingerprint density at radius 3 is 2.50 bits per heavy atom. The van der Waals surface area contributed by atoms with Crippen molar-refractivity contribution in [3.05, 3.63) is 41.8 Å². The van der Waals surface area contributed by atoms with E-state index in [-0.39, 0.29) is 41.6 Å². The molecule has 1 fully saturated rings. The predicted octanol–water partition coefficient (Wildman–Crippen LogP) is 3.30. The summed E-state index contributed by atoms with van der Waals surface area (Å²) in [6.07, 6.45) is -1.64. The number of hydrogen-bond donors (Lipinski definition) is 2. The van der Waals surface area contributed by atoms with Crippen molar-refractivity contribution in [1.29, 1.82) is 0 Å². The molecule has 15 heteroatoms. The van der Waals surface area contributed by atoms with Gasteiger partial charge >= 0.3 is 18.3 Å².